The second kappa shape index (κ2) is 10.5. The van der Waals surface area contributed by atoms with Crippen molar-refractivity contribution in [2.45, 2.75) is 64.3 Å². The number of rotatable bonds is 7. The van der Waals surface area contributed by atoms with Crippen LogP contribution < -0.4 is 5.32 Å². The predicted octanol–water partition coefficient (Wildman–Crippen LogP) is 1.47. The maximum absolute atomic E-state index is 12.2. The third kappa shape index (κ3) is 6.94. The van der Waals surface area contributed by atoms with Crippen LogP contribution in [0.25, 0.3) is 0 Å². The topological polar surface area (TPSA) is 90.0 Å². The number of hydrogen-bond acceptors (Lipinski definition) is 4. The van der Waals surface area contributed by atoms with Gasteiger partial charge in [-0.1, -0.05) is 19.3 Å². The summed E-state index contributed by atoms with van der Waals surface area (Å²) in [5, 5.41) is 12.1. The Morgan fingerprint density at radius 3 is 2.42 bits per heavy atom. The molecule has 1 aliphatic carbocycles. The number of likely N-dealkylation sites (tertiary alicyclic amines) is 1. The Morgan fingerprint density at radius 1 is 1.04 bits per heavy atom. The third-order valence-electron chi connectivity index (χ3n) is 5.62. The number of carboxylic acid groups (broad SMARTS) is 1. The van der Waals surface area contributed by atoms with Gasteiger partial charge in [-0.15, -0.1) is 0 Å². The van der Waals surface area contributed by atoms with Crippen molar-refractivity contribution >= 4 is 17.8 Å². The van der Waals surface area contributed by atoms with E-state index >= 15 is 0 Å². The minimum Gasteiger partial charge on any atom is -0.480 e. The van der Waals surface area contributed by atoms with E-state index in [1.54, 1.807) is 0 Å². The zero-order valence-electron chi connectivity index (χ0n) is 15.9. The van der Waals surface area contributed by atoms with Crippen LogP contribution in [0.4, 0.5) is 0 Å². The summed E-state index contributed by atoms with van der Waals surface area (Å²) in [6.45, 7) is 3.87. The zero-order chi connectivity index (χ0) is 18.9. The lowest BCUT2D eigenvalue weighted by atomic mass is 9.89. The van der Waals surface area contributed by atoms with Crippen LogP contribution in [0, 0.1) is 5.92 Å². The highest BCUT2D eigenvalue weighted by molar-refractivity contribution is 5.80. The van der Waals surface area contributed by atoms with Gasteiger partial charge < -0.3 is 15.3 Å². The fourth-order valence-electron chi connectivity index (χ4n) is 4.16. The Balaban J connectivity index is 1.75. The first kappa shape index (κ1) is 20.7. The van der Waals surface area contributed by atoms with Crippen LogP contribution >= 0.6 is 0 Å². The molecule has 7 heteroatoms. The normalized spacial score (nSPS) is 22.4. The number of nitrogens with zero attached hydrogens (tertiary/aromatic N) is 2. The molecule has 0 radical (unpaired) electrons. The summed E-state index contributed by atoms with van der Waals surface area (Å²) in [5.41, 5.74) is 0. The molecule has 0 aromatic carbocycles. The van der Waals surface area contributed by atoms with Crippen molar-refractivity contribution in [1.82, 2.24) is 15.1 Å². The first-order valence-corrected chi connectivity index (χ1v) is 9.93. The van der Waals surface area contributed by atoms with E-state index in [9.17, 15) is 14.4 Å². The van der Waals surface area contributed by atoms with Crippen molar-refractivity contribution < 1.29 is 19.5 Å². The van der Waals surface area contributed by atoms with Crippen molar-refractivity contribution in [3.63, 3.8) is 0 Å². The van der Waals surface area contributed by atoms with Crippen LogP contribution in [0.5, 0.6) is 0 Å². The second-order valence-corrected chi connectivity index (χ2v) is 7.71. The number of nitrogens with one attached hydrogen (secondary N) is 1. The quantitative estimate of drug-likeness (QED) is 0.711. The molecule has 0 unspecified atom stereocenters. The van der Waals surface area contributed by atoms with E-state index in [-0.39, 0.29) is 24.4 Å². The number of aliphatic carboxylic acids is 1. The molecule has 2 fully saturated rings. The lowest BCUT2D eigenvalue weighted by Crippen LogP contribution is -2.43. The average Bonchev–Trinajstić information content (AvgIpc) is 2.84. The average molecular weight is 367 g/mol. The largest absolute Gasteiger partial charge is 0.480 e. The standard InChI is InChI=1S/C19H33N3O4/c1-15(23)22(14-19(25)26)17-8-5-10-21(11-9-17)13-18(24)20-12-16-6-3-2-4-7-16/h16-17H,2-14H2,1H3,(H,20,24)(H,25,26)/t17-/m0/s1. The van der Waals surface area contributed by atoms with Crippen LogP contribution in [0.1, 0.15) is 58.3 Å². The summed E-state index contributed by atoms with van der Waals surface area (Å²) in [4.78, 5) is 38.6. The third-order valence-corrected chi connectivity index (χ3v) is 5.62. The Kier molecular flexibility index (Phi) is 8.35. The van der Waals surface area contributed by atoms with Crippen LogP contribution in [0.3, 0.4) is 0 Å². The van der Waals surface area contributed by atoms with Crippen LogP contribution in [0.2, 0.25) is 0 Å². The van der Waals surface area contributed by atoms with Crippen molar-refractivity contribution in [2.24, 2.45) is 5.92 Å². The molecule has 0 spiro atoms. The minimum atomic E-state index is -0.983. The molecule has 1 atom stereocenters. The first-order valence-electron chi connectivity index (χ1n) is 9.93. The molecule has 1 saturated carbocycles. The molecular formula is C19H33N3O4. The van der Waals surface area contributed by atoms with Gasteiger partial charge in [0.2, 0.25) is 11.8 Å². The second-order valence-electron chi connectivity index (χ2n) is 7.71. The van der Waals surface area contributed by atoms with Gasteiger partial charge in [0.05, 0.1) is 6.54 Å². The molecule has 148 valence electrons. The molecular weight excluding hydrogens is 334 g/mol. The van der Waals surface area contributed by atoms with E-state index in [2.05, 4.69) is 10.2 Å². The molecule has 2 aliphatic rings. The number of carbonyl (C=O) groups excluding carboxylic acids is 2. The highest BCUT2D eigenvalue weighted by atomic mass is 16.4. The summed E-state index contributed by atoms with van der Waals surface area (Å²) in [7, 11) is 0. The molecule has 1 heterocycles. The van der Waals surface area contributed by atoms with Crippen molar-refractivity contribution in [1.29, 1.82) is 0 Å². The van der Waals surface area contributed by atoms with Gasteiger partial charge in [-0.3, -0.25) is 19.3 Å². The summed E-state index contributed by atoms with van der Waals surface area (Å²) < 4.78 is 0. The first-order chi connectivity index (χ1) is 12.5. The van der Waals surface area contributed by atoms with Gasteiger partial charge in [-0.2, -0.15) is 0 Å². The zero-order valence-corrected chi connectivity index (χ0v) is 15.9. The minimum absolute atomic E-state index is 0.0566. The van der Waals surface area contributed by atoms with Crippen molar-refractivity contribution in [3.05, 3.63) is 0 Å². The fourth-order valence-corrected chi connectivity index (χ4v) is 4.16. The summed E-state index contributed by atoms with van der Waals surface area (Å²) in [6.07, 6.45) is 8.67. The van der Waals surface area contributed by atoms with E-state index in [1.165, 1.54) is 43.9 Å². The fraction of sp³-hybridized carbons (Fsp3) is 0.842. The SMILES string of the molecule is CC(=O)N(CC(=O)O)[C@H]1CCCN(CC(=O)NCC2CCCCC2)CC1. The maximum Gasteiger partial charge on any atom is 0.323 e. The van der Waals surface area contributed by atoms with Gasteiger partial charge in [0, 0.05) is 26.1 Å². The molecule has 1 saturated heterocycles. The highest BCUT2D eigenvalue weighted by Crippen LogP contribution is 2.22. The van der Waals surface area contributed by atoms with Crippen LogP contribution in [-0.4, -0.2) is 71.5 Å². The van der Waals surface area contributed by atoms with E-state index in [0.717, 1.165) is 25.9 Å². The van der Waals surface area contributed by atoms with Gasteiger partial charge >= 0.3 is 5.97 Å². The van der Waals surface area contributed by atoms with E-state index in [4.69, 9.17) is 5.11 Å². The molecule has 26 heavy (non-hydrogen) atoms. The van der Waals surface area contributed by atoms with Gasteiger partial charge in [0.25, 0.3) is 0 Å². The summed E-state index contributed by atoms with van der Waals surface area (Å²) in [6, 6.07) is -0.0566. The van der Waals surface area contributed by atoms with Gasteiger partial charge in [0.15, 0.2) is 0 Å². The number of amides is 2. The highest BCUT2D eigenvalue weighted by Gasteiger charge is 2.26. The van der Waals surface area contributed by atoms with Gasteiger partial charge in [-0.25, -0.2) is 0 Å². The molecule has 0 bridgehead atoms. The monoisotopic (exact) mass is 367 g/mol. The van der Waals surface area contributed by atoms with E-state index in [1.807, 2.05) is 0 Å². The Labute approximate surface area is 156 Å². The smallest absolute Gasteiger partial charge is 0.323 e. The van der Waals surface area contributed by atoms with Crippen molar-refractivity contribution in [3.8, 4) is 0 Å². The summed E-state index contributed by atoms with van der Waals surface area (Å²) in [5.74, 6) is -0.483. The Bertz CT molecular complexity index is 491. The number of carbonyl (C=O) groups is 3. The lowest BCUT2D eigenvalue weighted by molar-refractivity contribution is -0.145. The predicted molar refractivity (Wildman–Crippen MR) is 98.7 cm³/mol. The van der Waals surface area contributed by atoms with Crippen LogP contribution in [0.15, 0.2) is 0 Å². The van der Waals surface area contributed by atoms with E-state index in [0.29, 0.717) is 25.4 Å². The molecule has 2 N–H and O–H groups in total. The lowest BCUT2D eigenvalue weighted by Gasteiger charge is -2.29. The Morgan fingerprint density at radius 2 is 1.77 bits per heavy atom. The Hall–Kier alpha value is -1.63. The molecule has 0 aromatic rings. The van der Waals surface area contributed by atoms with Crippen molar-refractivity contribution in [2.75, 3.05) is 32.7 Å². The molecule has 2 amide bonds. The molecule has 1 aliphatic heterocycles. The number of hydrogen-bond donors (Lipinski definition) is 2. The van der Waals surface area contributed by atoms with Crippen LogP contribution in [-0.2, 0) is 14.4 Å². The molecule has 2 rings (SSSR count). The van der Waals surface area contributed by atoms with Gasteiger partial charge in [0.1, 0.15) is 6.54 Å². The maximum atomic E-state index is 12.2. The number of carboxylic acids is 1. The van der Waals surface area contributed by atoms with Gasteiger partial charge in [-0.05, 0) is 44.6 Å². The molecule has 7 nitrogen and oxygen atoms in total. The van der Waals surface area contributed by atoms with E-state index < -0.39 is 5.97 Å². The summed E-state index contributed by atoms with van der Waals surface area (Å²) >= 11 is 0. The molecule has 0 aromatic heterocycles.